The predicted octanol–water partition coefficient (Wildman–Crippen LogP) is 1.50. The molecule has 5 heteroatoms. The van der Waals surface area contributed by atoms with E-state index in [0.29, 0.717) is 24.8 Å². The fraction of sp³-hybridized carbons (Fsp3) is 0.714. The molecule has 0 saturated heterocycles. The monoisotopic (exact) mass is 267 g/mol. The molecule has 19 heavy (non-hydrogen) atoms. The van der Waals surface area contributed by atoms with Crippen LogP contribution >= 0.6 is 0 Å². The van der Waals surface area contributed by atoms with Crippen LogP contribution in [0, 0.1) is 5.92 Å². The minimum atomic E-state index is -0.0687. The van der Waals surface area contributed by atoms with E-state index in [0.717, 1.165) is 19.4 Å². The Labute approximate surface area is 114 Å². The van der Waals surface area contributed by atoms with E-state index in [1.807, 2.05) is 4.90 Å². The molecule has 0 radical (unpaired) electrons. The Morgan fingerprint density at radius 2 is 2.16 bits per heavy atom. The number of aliphatic hydroxyl groups is 1. The lowest BCUT2D eigenvalue weighted by Gasteiger charge is -2.22. The summed E-state index contributed by atoms with van der Waals surface area (Å²) < 4.78 is 1.70. The zero-order valence-electron chi connectivity index (χ0n) is 12.2. The van der Waals surface area contributed by atoms with Crippen molar-refractivity contribution in [3.05, 3.63) is 22.7 Å². The van der Waals surface area contributed by atoms with Crippen LogP contribution in [0.25, 0.3) is 0 Å². The quantitative estimate of drug-likeness (QED) is 0.775. The van der Waals surface area contributed by atoms with Crippen LogP contribution in [0.3, 0.4) is 0 Å². The maximum Gasteiger partial charge on any atom is 0.293 e. The second-order valence-electron chi connectivity index (χ2n) is 5.17. The number of aromatic nitrogens is 2. The lowest BCUT2D eigenvalue weighted by atomic mass is 10.2. The molecule has 0 aliphatic carbocycles. The zero-order valence-corrected chi connectivity index (χ0v) is 12.2. The van der Waals surface area contributed by atoms with Crippen molar-refractivity contribution in [2.75, 3.05) is 24.6 Å². The lowest BCUT2D eigenvalue weighted by Crippen LogP contribution is -2.36. The van der Waals surface area contributed by atoms with Crippen molar-refractivity contribution < 1.29 is 5.11 Å². The van der Waals surface area contributed by atoms with Crippen molar-refractivity contribution in [1.82, 2.24) is 9.55 Å². The molecule has 1 aromatic heterocycles. The molecule has 0 atom stereocenters. The normalized spacial score (nSPS) is 11.0. The molecule has 0 unspecified atom stereocenters. The SMILES string of the molecule is CCCCN(CCO)c1nccn(CC(C)C)c1=O. The molecule has 0 aliphatic rings. The topological polar surface area (TPSA) is 58.4 Å². The standard InChI is InChI=1S/C14H25N3O2/c1-4-5-7-16(9-10-18)13-14(19)17(8-6-15-13)11-12(2)3/h6,8,12,18H,4-5,7,9-11H2,1-3H3. The fourth-order valence-corrected chi connectivity index (χ4v) is 1.98. The third kappa shape index (κ3) is 4.67. The van der Waals surface area contributed by atoms with Gasteiger partial charge in [-0.1, -0.05) is 27.2 Å². The third-order valence-electron chi connectivity index (χ3n) is 2.91. The Bertz CT molecular complexity index is 429. The molecule has 0 spiro atoms. The van der Waals surface area contributed by atoms with E-state index in [9.17, 15) is 4.79 Å². The maximum absolute atomic E-state index is 12.4. The van der Waals surface area contributed by atoms with Crippen LogP contribution in [0.1, 0.15) is 33.6 Å². The van der Waals surface area contributed by atoms with Crippen LogP contribution in [-0.2, 0) is 6.54 Å². The summed E-state index contributed by atoms with van der Waals surface area (Å²) in [5.41, 5.74) is -0.0687. The molecule has 0 saturated carbocycles. The van der Waals surface area contributed by atoms with Gasteiger partial charge in [-0.25, -0.2) is 4.98 Å². The van der Waals surface area contributed by atoms with Gasteiger partial charge in [0, 0.05) is 32.0 Å². The fourth-order valence-electron chi connectivity index (χ4n) is 1.98. The molecule has 1 rings (SSSR count). The average molecular weight is 267 g/mol. The number of unbranched alkanes of at least 4 members (excludes halogenated alkanes) is 1. The van der Waals surface area contributed by atoms with E-state index in [4.69, 9.17) is 5.11 Å². The molecular formula is C14H25N3O2. The van der Waals surface area contributed by atoms with Crippen LogP contribution in [0.4, 0.5) is 5.82 Å². The number of anilines is 1. The highest BCUT2D eigenvalue weighted by molar-refractivity contribution is 5.35. The van der Waals surface area contributed by atoms with Gasteiger partial charge in [0.05, 0.1) is 6.61 Å². The van der Waals surface area contributed by atoms with Gasteiger partial charge in [0.25, 0.3) is 5.56 Å². The molecule has 1 N–H and O–H groups in total. The number of hydrogen-bond donors (Lipinski definition) is 1. The van der Waals surface area contributed by atoms with E-state index in [2.05, 4.69) is 25.8 Å². The van der Waals surface area contributed by atoms with Gasteiger partial charge < -0.3 is 14.6 Å². The van der Waals surface area contributed by atoms with Crippen LogP contribution in [0.2, 0.25) is 0 Å². The first-order chi connectivity index (χ1) is 9.10. The summed E-state index contributed by atoms with van der Waals surface area (Å²) in [5.74, 6) is 0.862. The number of nitrogens with zero attached hydrogens (tertiary/aromatic N) is 3. The second-order valence-corrected chi connectivity index (χ2v) is 5.17. The van der Waals surface area contributed by atoms with Gasteiger partial charge in [0.15, 0.2) is 5.82 Å². The van der Waals surface area contributed by atoms with E-state index < -0.39 is 0 Å². The summed E-state index contributed by atoms with van der Waals surface area (Å²) in [6.07, 6.45) is 5.42. The Morgan fingerprint density at radius 1 is 1.42 bits per heavy atom. The van der Waals surface area contributed by atoms with Crippen molar-refractivity contribution >= 4 is 5.82 Å². The summed E-state index contributed by atoms with van der Waals surface area (Å²) in [7, 11) is 0. The van der Waals surface area contributed by atoms with Gasteiger partial charge in [0.1, 0.15) is 0 Å². The van der Waals surface area contributed by atoms with E-state index in [1.165, 1.54) is 0 Å². The molecule has 108 valence electrons. The summed E-state index contributed by atoms with van der Waals surface area (Å²) in [5, 5.41) is 9.12. The molecule has 0 aromatic carbocycles. The van der Waals surface area contributed by atoms with Crippen LogP contribution in [0.15, 0.2) is 17.2 Å². The van der Waals surface area contributed by atoms with Gasteiger partial charge >= 0.3 is 0 Å². The van der Waals surface area contributed by atoms with Gasteiger partial charge in [0.2, 0.25) is 0 Å². The first-order valence-electron chi connectivity index (χ1n) is 7.01. The molecule has 0 fully saturated rings. The second kappa shape index (κ2) is 7.94. The number of aliphatic hydroxyl groups excluding tert-OH is 1. The van der Waals surface area contributed by atoms with E-state index in [1.54, 1.807) is 17.0 Å². The van der Waals surface area contributed by atoms with Gasteiger partial charge in [-0.05, 0) is 12.3 Å². The molecule has 0 bridgehead atoms. The highest BCUT2D eigenvalue weighted by Gasteiger charge is 2.13. The molecule has 0 aliphatic heterocycles. The average Bonchev–Trinajstić information content (AvgIpc) is 2.37. The first-order valence-corrected chi connectivity index (χ1v) is 7.01. The minimum Gasteiger partial charge on any atom is -0.395 e. The van der Waals surface area contributed by atoms with Crippen LogP contribution in [-0.4, -0.2) is 34.4 Å². The first kappa shape index (κ1) is 15.7. The number of hydrogen-bond acceptors (Lipinski definition) is 4. The van der Waals surface area contributed by atoms with E-state index in [-0.39, 0.29) is 12.2 Å². The summed E-state index contributed by atoms with van der Waals surface area (Å²) >= 11 is 0. The molecular weight excluding hydrogens is 242 g/mol. The third-order valence-corrected chi connectivity index (χ3v) is 2.91. The Kier molecular flexibility index (Phi) is 6.56. The Balaban J connectivity index is 2.98. The lowest BCUT2D eigenvalue weighted by molar-refractivity contribution is 0.301. The molecule has 0 amide bonds. The summed E-state index contributed by atoms with van der Waals surface area (Å²) in [6, 6.07) is 0. The van der Waals surface area contributed by atoms with Crippen LogP contribution in [0.5, 0.6) is 0 Å². The summed E-state index contributed by atoms with van der Waals surface area (Å²) in [4.78, 5) is 18.4. The van der Waals surface area contributed by atoms with E-state index >= 15 is 0 Å². The van der Waals surface area contributed by atoms with Crippen LogP contribution < -0.4 is 10.5 Å². The van der Waals surface area contributed by atoms with Gasteiger partial charge in [-0.2, -0.15) is 0 Å². The van der Waals surface area contributed by atoms with Crippen molar-refractivity contribution in [1.29, 1.82) is 0 Å². The molecule has 1 heterocycles. The van der Waals surface area contributed by atoms with Gasteiger partial charge in [-0.15, -0.1) is 0 Å². The van der Waals surface area contributed by atoms with Crippen molar-refractivity contribution in [3.8, 4) is 0 Å². The zero-order chi connectivity index (χ0) is 14.3. The van der Waals surface area contributed by atoms with Gasteiger partial charge in [-0.3, -0.25) is 4.79 Å². The Morgan fingerprint density at radius 3 is 2.74 bits per heavy atom. The molecule has 1 aromatic rings. The largest absolute Gasteiger partial charge is 0.395 e. The predicted molar refractivity (Wildman–Crippen MR) is 77.5 cm³/mol. The maximum atomic E-state index is 12.4. The van der Waals surface area contributed by atoms with Crippen molar-refractivity contribution in [3.63, 3.8) is 0 Å². The molecule has 5 nitrogen and oxygen atoms in total. The highest BCUT2D eigenvalue weighted by Crippen LogP contribution is 2.06. The minimum absolute atomic E-state index is 0.0317. The smallest absolute Gasteiger partial charge is 0.293 e. The van der Waals surface area contributed by atoms with Crippen molar-refractivity contribution in [2.24, 2.45) is 5.92 Å². The summed E-state index contributed by atoms with van der Waals surface area (Å²) in [6.45, 7) is 8.19. The Hall–Kier alpha value is -1.36. The van der Waals surface area contributed by atoms with Crippen molar-refractivity contribution in [2.45, 2.75) is 40.2 Å². The number of rotatable bonds is 8. The highest BCUT2D eigenvalue weighted by atomic mass is 16.3.